The van der Waals surface area contributed by atoms with Gasteiger partial charge >= 0.3 is 5.97 Å². The molecule has 0 bridgehead atoms. The molecule has 0 aliphatic carbocycles. The fourth-order valence-electron chi connectivity index (χ4n) is 3.60. The van der Waals surface area contributed by atoms with Crippen LogP contribution in [0.25, 0.3) is 0 Å². The van der Waals surface area contributed by atoms with Crippen LogP contribution in [0.3, 0.4) is 0 Å². The van der Waals surface area contributed by atoms with Gasteiger partial charge in [-0.15, -0.1) is 0 Å². The van der Waals surface area contributed by atoms with Crippen molar-refractivity contribution in [3.63, 3.8) is 0 Å². The fourth-order valence-corrected chi connectivity index (χ4v) is 5.15. The van der Waals surface area contributed by atoms with Crippen LogP contribution in [-0.4, -0.2) is 46.4 Å². The number of carbonyl (C=O) groups excluding carboxylic acids is 2. The largest absolute Gasteiger partial charge is 0.497 e. The van der Waals surface area contributed by atoms with Crippen molar-refractivity contribution in [1.82, 2.24) is 0 Å². The third-order valence-corrected chi connectivity index (χ3v) is 7.58. The Hall–Kier alpha value is -3.85. The quantitative estimate of drug-likeness (QED) is 0.358. The number of hydrogen-bond acceptors (Lipinski definition) is 7. The minimum atomic E-state index is -4.18. The van der Waals surface area contributed by atoms with E-state index in [-0.39, 0.29) is 18.0 Å². The van der Waals surface area contributed by atoms with Crippen LogP contribution in [0.2, 0.25) is 0 Å². The second-order valence-electron chi connectivity index (χ2n) is 7.83. The van der Waals surface area contributed by atoms with E-state index in [1.54, 1.807) is 68.6 Å². The number of esters is 1. The molecule has 3 aromatic carbocycles. The molecule has 0 radical (unpaired) electrons. The number of nitrogens with zero attached hydrogens (tertiary/aromatic N) is 1. The minimum absolute atomic E-state index is 0.0120. The second-order valence-corrected chi connectivity index (χ2v) is 9.96. The molecule has 0 heterocycles. The van der Waals surface area contributed by atoms with Crippen molar-refractivity contribution in [2.24, 2.45) is 0 Å². The Labute approximate surface area is 211 Å². The summed E-state index contributed by atoms with van der Waals surface area (Å²) in [5, 5.41) is -1.69. The molecule has 1 atom stereocenters. The first-order valence-electron chi connectivity index (χ1n) is 11.3. The summed E-state index contributed by atoms with van der Waals surface area (Å²) in [7, 11) is -1.09. The zero-order valence-electron chi connectivity index (χ0n) is 20.4. The highest BCUT2D eigenvalue weighted by molar-refractivity contribution is 7.92. The molecule has 0 aliphatic heterocycles. The average Bonchev–Trinajstić information content (AvgIpc) is 2.91. The van der Waals surface area contributed by atoms with Gasteiger partial charge in [0.05, 0.1) is 38.7 Å². The van der Waals surface area contributed by atoms with Gasteiger partial charge < -0.3 is 19.1 Å². The minimum Gasteiger partial charge on any atom is -0.497 e. The number of anilines is 1. The molecule has 1 unspecified atom stereocenters. The molecule has 36 heavy (non-hydrogen) atoms. The molecular formula is C27H29NO7S. The van der Waals surface area contributed by atoms with Crippen LogP contribution >= 0.6 is 0 Å². The summed E-state index contributed by atoms with van der Waals surface area (Å²) < 4.78 is 42.2. The van der Waals surface area contributed by atoms with Gasteiger partial charge in [-0.2, -0.15) is 0 Å². The summed E-state index contributed by atoms with van der Waals surface area (Å²) in [5.74, 6) is -0.244. The van der Waals surface area contributed by atoms with Crippen LogP contribution in [-0.2, 0) is 30.7 Å². The van der Waals surface area contributed by atoms with Crippen LogP contribution < -0.4 is 14.4 Å². The Morgan fingerprint density at radius 2 is 1.39 bits per heavy atom. The smallest absolute Gasteiger partial charge is 0.325 e. The fraction of sp³-hybridized carbons (Fsp3) is 0.259. The average molecular weight is 512 g/mol. The highest BCUT2D eigenvalue weighted by Crippen LogP contribution is 2.26. The summed E-state index contributed by atoms with van der Waals surface area (Å²) >= 11 is 0. The summed E-state index contributed by atoms with van der Waals surface area (Å²) in [5.41, 5.74) is 1.31. The van der Waals surface area contributed by atoms with Crippen LogP contribution in [0.5, 0.6) is 11.5 Å². The summed E-state index contributed by atoms with van der Waals surface area (Å²) in [4.78, 5) is 27.8. The zero-order chi connectivity index (χ0) is 26.1. The maximum Gasteiger partial charge on any atom is 0.325 e. The van der Waals surface area contributed by atoms with Crippen molar-refractivity contribution in [2.45, 2.75) is 30.0 Å². The molecule has 8 nitrogen and oxygen atoms in total. The maximum absolute atomic E-state index is 13.6. The molecule has 3 aromatic rings. The molecule has 0 fully saturated rings. The Kier molecular flexibility index (Phi) is 9.08. The molecule has 9 heteroatoms. The molecule has 0 saturated heterocycles. The number of benzene rings is 3. The normalized spacial score (nSPS) is 11.9. The van der Waals surface area contributed by atoms with E-state index in [1.807, 2.05) is 12.1 Å². The van der Waals surface area contributed by atoms with Crippen molar-refractivity contribution in [2.75, 3.05) is 25.7 Å². The van der Waals surface area contributed by atoms with Gasteiger partial charge in [0.15, 0.2) is 15.1 Å². The predicted molar refractivity (Wildman–Crippen MR) is 136 cm³/mol. The van der Waals surface area contributed by atoms with E-state index in [0.717, 1.165) is 5.56 Å². The van der Waals surface area contributed by atoms with E-state index in [9.17, 15) is 18.0 Å². The van der Waals surface area contributed by atoms with Gasteiger partial charge in [0.25, 0.3) is 0 Å². The van der Waals surface area contributed by atoms with Crippen LogP contribution in [0.15, 0.2) is 83.8 Å². The maximum atomic E-state index is 13.6. The van der Waals surface area contributed by atoms with Crippen molar-refractivity contribution in [1.29, 1.82) is 0 Å². The van der Waals surface area contributed by atoms with Gasteiger partial charge in [0.1, 0.15) is 11.5 Å². The van der Waals surface area contributed by atoms with E-state index in [0.29, 0.717) is 17.2 Å². The lowest BCUT2D eigenvalue weighted by atomic mass is 10.1. The Bertz CT molecular complexity index is 1260. The second kappa shape index (κ2) is 12.2. The van der Waals surface area contributed by atoms with Gasteiger partial charge in [-0.1, -0.05) is 30.3 Å². The van der Waals surface area contributed by atoms with Crippen molar-refractivity contribution >= 4 is 27.4 Å². The number of amides is 1. The first kappa shape index (κ1) is 26.7. The molecule has 0 aromatic heterocycles. The molecule has 3 rings (SSSR count). The first-order valence-corrected chi connectivity index (χ1v) is 12.9. The lowest BCUT2D eigenvalue weighted by Crippen LogP contribution is -2.40. The topological polar surface area (TPSA) is 99.2 Å². The molecule has 1 amide bonds. The SMILES string of the molecule is CCOC(=O)C(CC(=O)N(Cc1ccc(OC)cc1)c1ccc(OC)cc1)S(=O)(=O)c1ccccc1. The Morgan fingerprint density at radius 1 is 0.833 bits per heavy atom. The van der Waals surface area contributed by atoms with E-state index in [1.165, 1.54) is 24.1 Å². The van der Waals surface area contributed by atoms with Crippen LogP contribution in [0, 0.1) is 0 Å². The Morgan fingerprint density at radius 3 is 1.92 bits per heavy atom. The van der Waals surface area contributed by atoms with Crippen LogP contribution in [0.4, 0.5) is 5.69 Å². The van der Waals surface area contributed by atoms with E-state index in [4.69, 9.17) is 14.2 Å². The highest BCUT2D eigenvalue weighted by atomic mass is 32.2. The third-order valence-electron chi connectivity index (χ3n) is 5.54. The molecule has 190 valence electrons. The molecule has 0 saturated carbocycles. The van der Waals surface area contributed by atoms with Gasteiger partial charge in [0, 0.05) is 5.69 Å². The first-order chi connectivity index (χ1) is 17.3. The third kappa shape index (κ3) is 6.42. The van der Waals surface area contributed by atoms with Crippen molar-refractivity contribution in [3.05, 3.63) is 84.4 Å². The summed E-state index contributed by atoms with van der Waals surface area (Å²) in [6, 6.07) is 21.5. The number of carbonyl (C=O) groups is 2. The Balaban J connectivity index is 1.97. The number of sulfone groups is 1. The van der Waals surface area contributed by atoms with E-state index >= 15 is 0 Å². The number of ether oxygens (including phenoxy) is 3. The monoisotopic (exact) mass is 511 g/mol. The number of rotatable bonds is 11. The number of methoxy groups -OCH3 is 2. The summed E-state index contributed by atoms with van der Waals surface area (Å²) in [6.45, 7) is 1.72. The van der Waals surface area contributed by atoms with Crippen molar-refractivity contribution in [3.8, 4) is 11.5 Å². The van der Waals surface area contributed by atoms with Gasteiger partial charge in [-0.3, -0.25) is 9.59 Å². The van der Waals surface area contributed by atoms with E-state index < -0.39 is 33.4 Å². The molecule has 0 spiro atoms. The number of hydrogen-bond donors (Lipinski definition) is 0. The molecular weight excluding hydrogens is 482 g/mol. The highest BCUT2D eigenvalue weighted by Gasteiger charge is 2.38. The molecule has 0 aliphatic rings. The lowest BCUT2D eigenvalue weighted by molar-refractivity contribution is -0.143. The zero-order valence-corrected chi connectivity index (χ0v) is 21.2. The van der Waals surface area contributed by atoms with Crippen LogP contribution in [0.1, 0.15) is 18.9 Å². The predicted octanol–water partition coefficient (Wildman–Crippen LogP) is 4.03. The van der Waals surface area contributed by atoms with Gasteiger partial charge in [-0.25, -0.2) is 8.42 Å². The summed E-state index contributed by atoms with van der Waals surface area (Å²) in [6.07, 6.45) is -0.585. The lowest BCUT2D eigenvalue weighted by Gasteiger charge is -2.25. The van der Waals surface area contributed by atoms with E-state index in [2.05, 4.69) is 0 Å². The van der Waals surface area contributed by atoms with Gasteiger partial charge in [0.2, 0.25) is 5.91 Å². The van der Waals surface area contributed by atoms with Gasteiger partial charge in [-0.05, 0) is 61.0 Å². The van der Waals surface area contributed by atoms with Crippen molar-refractivity contribution < 1.29 is 32.2 Å². The molecule has 0 N–H and O–H groups in total. The standard InChI is InChI=1S/C27H29NO7S/c1-4-35-27(30)25(36(31,32)24-8-6-5-7-9-24)18-26(29)28(21-12-16-23(34-3)17-13-21)19-20-10-14-22(33-2)15-11-20/h5-17,25H,4,18-19H2,1-3H3.